The number of nitrogens with zero attached hydrogens (tertiary/aromatic N) is 13. The van der Waals surface area contributed by atoms with Crippen LogP contribution in [0.3, 0.4) is 0 Å². The number of amides is 3. The SMILES string of the molecule is C1CCOCC1.CC1=CC(C)=C(CNC(=O)c2cc(-c3cnc(N4CCOCC4)nc3)cc(-c3c(C)cnn3C)c2C)C(=O)C1.CC1=CC(C)=C(CNC(=O)c2cc(-c3cnc(S(C)(=O)=O)nc3)cc(-c3c(C)cnn3C)c2C)C(=O)C1.CSc1ncc(-c2cc(C(=O)NCC3=C(C)C=C(C)CC3=O)c(C)c(-c3c(C)cnn3C)c2)cn1.O=S(=O)([O-])OO.[K+]. The maximum Gasteiger partial charge on any atom is 1.00 e. The number of aryl methyl sites for hydroxylation is 6. The third kappa shape index (κ3) is 24.9. The van der Waals surface area contributed by atoms with Gasteiger partial charge in [0, 0.05) is 197 Å². The molecular formula is C89H103KN16O15S3. The van der Waals surface area contributed by atoms with Gasteiger partial charge in [0.15, 0.2) is 22.5 Å². The Morgan fingerprint density at radius 1 is 0.468 bits per heavy atom. The normalized spacial score (nSPS) is 14.8. The van der Waals surface area contributed by atoms with E-state index in [1.54, 1.807) is 41.7 Å². The van der Waals surface area contributed by atoms with E-state index >= 15 is 0 Å². The number of carbonyl (C=O) groups excluding carboxylic acids is 6. The first-order chi connectivity index (χ1) is 58.3. The Hall–Kier alpha value is -10.1. The number of ketones is 3. The van der Waals surface area contributed by atoms with Crippen molar-refractivity contribution in [1.29, 1.82) is 0 Å². The van der Waals surface area contributed by atoms with Gasteiger partial charge in [-0.2, -0.15) is 15.3 Å². The molecule has 6 aromatic heterocycles. The molecule has 2 aliphatic heterocycles. The number of rotatable bonds is 19. The zero-order chi connectivity index (χ0) is 89.5. The summed E-state index contributed by atoms with van der Waals surface area (Å²) in [6.45, 7) is 28.6. The summed E-state index contributed by atoms with van der Waals surface area (Å²) in [6.07, 6.45) is 29.4. The van der Waals surface area contributed by atoms with Crippen LogP contribution in [0.1, 0.15) is 145 Å². The molecule has 8 heterocycles. The van der Waals surface area contributed by atoms with E-state index in [0.717, 1.165) is 155 Å². The zero-order valence-corrected chi connectivity index (χ0v) is 78.8. The number of anilines is 1. The first kappa shape index (κ1) is 97.7. The van der Waals surface area contributed by atoms with Crippen molar-refractivity contribution in [2.45, 2.75) is 132 Å². The summed E-state index contributed by atoms with van der Waals surface area (Å²) in [7, 11) is -2.79. The maximum atomic E-state index is 13.6. The predicted molar refractivity (Wildman–Crippen MR) is 469 cm³/mol. The van der Waals surface area contributed by atoms with Crippen molar-refractivity contribution in [2.75, 3.05) is 76.6 Å². The zero-order valence-electron chi connectivity index (χ0n) is 73.2. The molecule has 31 nitrogen and oxygen atoms in total. The summed E-state index contributed by atoms with van der Waals surface area (Å²) in [5.74, 6) is 0.00514. The van der Waals surface area contributed by atoms with Crippen LogP contribution in [0.4, 0.5) is 5.95 Å². The summed E-state index contributed by atoms with van der Waals surface area (Å²) in [5, 5.41) is 29.5. The smallest absolute Gasteiger partial charge is 0.724 e. The molecular weight excluding hydrogens is 1670 g/mol. The second-order valence-corrected chi connectivity index (χ2v) is 34.5. The molecule has 124 heavy (non-hydrogen) atoms. The van der Waals surface area contributed by atoms with Gasteiger partial charge in [-0.15, -0.1) is 4.33 Å². The Balaban J connectivity index is 0.000000196. The second-order valence-electron chi connectivity index (χ2n) is 30.8. The van der Waals surface area contributed by atoms with Crippen LogP contribution in [0.5, 0.6) is 0 Å². The van der Waals surface area contributed by atoms with Crippen molar-refractivity contribution < 1.29 is 121 Å². The summed E-state index contributed by atoms with van der Waals surface area (Å²) >= 11 is 1.47. The third-order valence-corrected chi connectivity index (χ3v) is 23.0. The molecule has 0 unspecified atom stereocenters. The molecule has 3 aliphatic carbocycles. The van der Waals surface area contributed by atoms with E-state index in [-0.39, 0.29) is 111 Å². The van der Waals surface area contributed by atoms with Crippen LogP contribution in [0.15, 0.2) is 171 Å². The van der Waals surface area contributed by atoms with Crippen LogP contribution >= 0.6 is 11.8 Å². The van der Waals surface area contributed by atoms with E-state index in [1.165, 1.54) is 43.4 Å². The molecule has 0 spiro atoms. The van der Waals surface area contributed by atoms with Crippen molar-refractivity contribution in [3.05, 3.63) is 211 Å². The summed E-state index contributed by atoms with van der Waals surface area (Å²) in [4.78, 5) is 106. The number of ether oxygens (including phenoxy) is 2. The van der Waals surface area contributed by atoms with Gasteiger partial charge in [-0.25, -0.2) is 52.0 Å². The molecule has 35 heteroatoms. The number of benzene rings is 3. The van der Waals surface area contributed by atoms with Gasteiger partial charge in [0.25, 0.3) is 17.7 Å². The van der Waals surface area contributed by atoms with Crippen LogP contribution in [0.25, 0.3) is 67.2 Å². The van der Waals surface area contributed by atoms with E-state index < -0.39 is 20.2 Å². The van der Waals surface area contributed by atoms with Crippen molar-refractivity contribution >= 4 is 73.0 Å². The number of thioether (sulfide) groups is 1. The van der Waals surface area contributed by atoms with Gasteiger partial charge < -0.3 is 34.9 Å². The van der Waals surface area contributed by atoms with Crippen molar-refractivity contribution in [3.63, 3.8) is 0 Å². The molecule has 14 rings (SSSR count). The fraction of sp³-hybridized carbons (Fsp3) is 0.360. The van der Waals surface area contributed by atoms with Crippen LogP contribution in [-0.4, -0.2) is 193 Å². The predicted octanol–water partition coefficient (Wildman–Crippen LogP) is 9.47. The first-order valence-corrected chi connectivity index (χ1v) is 44.2. The number of allylic oxidation sites excluding steroid dienone is 9. The molecule has 4 N–H and O–H groups in total. The minimum absolute atomic E-state index is 0. The van der Waals surface area contributed by atoms with E-state index in [0.29, 0.717) is 88.1 Å². The van der Waals surface area contributed by atoms with E-state index in [1.807, 2.05) is 169 Å². The third-order valence-electron chi connectivity index (χ3n) is 21.4. The number of Topliss-reactive ketones (excluding diaryl/α,β-unsaturated/α-hetero) is 3. The van der Waals surface area contributed by atoms with Crippen molar-refractivity contribution in [3.8, 4) is 67.2 Å². The monoisotopic (exact) mass is 1770 g/mol. The Morgan fingerprint density at radius 2 is 0.774 bits per heavy atom. The number of sulfone groups is 1. The molecule has 3 aromatic carbocycles. The van der Waals surface area contributed by atoms with Crippen LogP contribution in [0.2, 0.25) is 0 Å². The average molecular weight is 1770 g/mol. The number of carbonyl (C=O) groups is 6. The van der Waals surface area contributed by atoms with Gasteiger partial charge >= 0.3 is 51.4 Å². The molecule has 9 aromatic rings. The molecule has 0 radical (unpaired) electrons. The van der Waals surface area contributed by atoms with Gasteiger partial charge in [0.2, 0.25) is 31.3 Å². The minimum Gasteiger partial charge on any atom is -0.724 e. The molecule has 0 saturated carbocycles. The molecule has 2 fully saturated rings. The Labute approximate surface area is 769 Å². The van der Waals surface area contributed by atoms with Gasteiger partial charge in [0.1, 0.15) is 0 Å². The fourth-order valence-electron chi connectivity index (χ4n) is 15.0. The topological polar surface area (TPSA) is 412 Å². The maximum absolute atomic E-state index is 13.6. The molecule has 648 valence electrons. The van der Waals surface area contributed by atoms with E-state index in [9.17, 15) is 37.2 Å². The summed E-state index contributed by atoms with van der Waals surface area (Å²) in [5.41, 5.74) is 24.4. The van der Waals surface area contributed by atoms with E-state index in [4.69, 9.17) is 27.7 Å². The van der Waals surface area contributed by atoms with Crippen LogP contribution in [0, 0.1) is 41.5 Å². The van der Waals surface area contributed by atoms with Crippen LogP contribution < -0.4 is 72.2 Å². The Morgan fingerprint density at radius 3 is 1.03 bits per heavy atom. The molecule has 5 aliphatic rings. The summed E-state index contributed by atoms with van der Waals surface area (Å²) < 4.78 is 68.8. The fourth-order valence-corrected chi connectivity index (χ4v) is 15.8. The number of nitrogens with one attached hydrogen (secondary N) is 3. The molecule has 0 atom stereocenters. The number of hydrogen-bond donors (Lipinski definition) is 4. The van der Waals surface area contributed by atoms with Crippen LogP contribution in [-0.2, 0) is 69.6 Å². The second kappa shape index (κ2) is 43.7. The number of morpholine rings is 1. The average Bonchev–Trinajstić information content (AvgIpc) is 1.43. The quantitative estimate of drug-likeness (QED) is 0.0111. The molecule has 2 saturated heterocycles. The molecule has 3 amide bonds. The van der Waals surface area contributed by atoms with Gasteiger partial charge in [-0.1, -0.05) is 46.7 Å². The molecule has 0 bridgehead atoms. The Kier molecular flexibility index (Phi) is 34.4. The van der Waals surface area contributed by atoms with Crippen molar-refractivity contribution in [2.24, 2.45) is 21.1 Å². The van der Waals surface area contributed by atoms with Gasteiger partial charge in [0.05, 0.1) is 48.9 Å². The summed E-state index contributed by atoms with van der Waals surface area (Å²) in [6, 6.07) is 11.5. The van der Waals surface area contributed by atoms with Crippen molar-refractivity contribution in [1.82, 2.24) is 75.2 Å². The number of hydrogen-bond acceptors (Lipinski definition) is 26. The standard InChI is InChI=1S/C30H34N6O3.C27H29N5O4S.C27H29N5O2S.C5H10O.K.H2O5S/c1-18-10-19(2)26(27(37)11-18)17-31-29(38)25-13-22(12-24(21(25)4)28-20(3)14-34-35(28)5)23-15-32-30(33-16-23)36-6-8-39-9-7-36;1-15-7-16(2)23(24(33)8-15)14-28-26(34)22-10-19(20-12-29-27(30-13-20)37(6,35)36)9-21(18(22)4)25-17(3)11-31-32(25)5;1-15-7-16(2)23(24(33)8-15)14-28-26(34)22-10-19(20-12-29-27(35-6)30-13-20)9-21(18(22)4)25-17(3)11-31-32(25)5;1-2-4-6-5-3-1;;1-5-6(2,3)4/h10,12-16H,6-9,11,17H2,1-5H3,(H,31,38);7,9-13H,8,14H2,1-6H3,(H,28,34);7,9-13H,8,14H2,1-6H3,(H,28,34);1-5H2;;1H,(H,2,3,4)/q;;;;+1;/p-1. The minimum atomic E-state index is -4.86. The van der Waals surface area contributed by atoms with E-state index in [2.05, 4.69) is 82.5 Å². The first-order valence-electron chi connectivity index (χ1n) is 39.7. The number of aromatic nitrogens is 12. The van der Waals surface area contributed by atoms with Gasteiger partial charge in [-0.05, 0) is 212 Å². The Bertz CT molecular complexity index is 5930. The largest absolute Gasteiger partial charge is 1.00 e. The van der Waals surface area contributed by atoms with Gasteiger partial charge in [-0.3, -0.25) is 42.8 Å².